The van der Waals surface area contributed by atoms with Gasteiger partial charge in [0.25, 0.3) is 11.6 Å². The number of halogens is 1. The number of nitrogens with one attached hydrogen (secondary N) is 1. The van der Waals surface area contributed by atoms with Gasteiger partial charge in [0, 0.05) is 16.2 Å². The summed E-state index contributed by atoms with van der Waals surface area (Å²) in [6.07, 6.45) is 0. The number of anilines is 1. The first-order valence-electron chi connectivity index (χ1n) is 8.49. The van der Waals surface area contributed by atoms with Gasteiger partial charge >= 0.3 is 5.97 Å². The molecule has 2 aromatic rings. The van der Waals surface area contributed by atoms with Crippen LogP contribution in [0.2, 0.25) is 0 Å². The first kappa shape index (κ1) is 22.2. The zero-order valence-electron chi connectivity index (χ0n) is 16.0. The predicted octanol–water partition coefficient (Wildman–Crippen LogP) is 3.87. The van der Waals surface area contributed by atoms with Crippen LogP contribution in [-0.2, 0) is 9.53 Å². The number of methoxy groups -OCH3 is 1. The van der Waals surface area contributed by atoms with E-state index in [4.69, 9.17) is 14.2 Å². The van der Waals surface area contributed by atoms with Gasteiger partial charge in [-0.05, 0) is 37.6 Å². The van der Waals surface area contributed by atoms with E-state index in [1.807, 2.05) is 6.92 Å². The Balaban J connectivity index is 2.13. The van der Waals surface area contributed by atoms with Gasteiger partial charge in [0.05, 0.1) is 24.7 Å². The molecule has 0 aliphatic carbocycles. The van der Waals surface area contributed by atoms with Crippen molar-refractivity contribution in [3.63, 3.8) is 0 Å². The Morgan fingerprint density at radius 1 is 1.21 bits per heavy atom. The molecule has 0 radical (unpaired) electrons. The number of amides is 1. The molecule has 0 atom stereocenters. The molecule has 0 aliphatic heterocycles. The van der Waals surface area contributed by atoms with Crippen molar-refractivity contribution >= 4 is 39.2 Å². The van der Waals surface area contributed by atoms with Crippen LogP contribution in [0.15, 0.2) is 34.8 Å². The minimum atomic E-state index is -1.03. The Bertz CT molecular complexity index is 946. The molecule has 0 fully saturated rings. The minimum absolute atomic E-state index is 0.126. The maximum Gasteiger partial charge on any atom is 0.345 e. The largest absolute Gasteiger partial charge is 0.493 e. The van der Waals surface area contributed by atoms with Gasteiger partial charge in [-0.2, -0.15) is 0 Å². The highest BCUT2D eigenvalue weighted by molar-refractivity contribution is 9.10. The first-order valence-corrected chi connectivity index (χ1v) is 9.28. The van der Waals surface area contributed by atoms with Gasteiger partial charge < -0.3 is 19.5 Å². The predicted molar refractivity (Wildman–Crippen MR) is 109 cm³/mol. The van der Waals surface area contributed by atoms with Crippen LogP contribution in [0.5, 0.6) is 11.5 Å². The maximum atomic E-state index is 12.4. The summed E-state index contributed by atoms with van der Waals surface area (Å²) in [4.78, 5) is 35.0. The van der Waals surface area contributed by atoms with Crippen molar-refractivity contribution in [3.8, 4) is 11.5 Å². The Morgan fingerprint density at radius 3 is 2.52 bits per heavy atom. The zero-order chi connectivity index (χ0) is 21.6. The summed E-state index contributed by atoms with van der Waals surface area (Å²) in [7, 11) is 1.34. The molecule has 154 valence electrons. The first-order chi connectivity index (χ1) is 13.8. The van der Waals surface area contributed by atoms with E-state index in [0.717, 1.165) is 22.2 Å². The summed E-state index contributed by atoms with van der Waals surface area (Å²) in [5, 5.41) is 13.9. The number of nitro benzene ring substituents is 1. The molecule has 2 aromatic carbocycles. The number of nitrogens with zero attached hydrogens (tertiary/aromatic N) is 1. The van der Waals surface area contributed by atoms with Crippen LogP contribution in [0, 0.1) is 17.0 Å². The maximum absolute atomic E-state index is 12.4. The second kappa shape index (κ2) is 9.87. The second-order valence-corrected chi connectivity index (χ2v) is 6.65. The van der Waals surface area contributed by atoms with Crippen molar-refractivity contribution < 1.29 is 28.7 Å². The molecule has 0 spiro atoms. The highest BCUT2D eigenvalue weighted by Crippen LogP contribution is 2.35. The molecule has 1 N–H and O–H groups in total. The summed E-state index contributed by atoms with van der Waals surface area (Å²) in [6.45, 7) is 3.21. The molecule has 0 aliphatic rings. The molecule has 0 bridgehead atoms. The zero-order valence-corrected chi connectivity index (χ0v) is 17.6. The molecule has 9 nitrogen and oxygen atoms in total. The van der Waals surface area contributed by atoms with Gasteiger partial charge in [0.15, 0.2) is 18.1 Å². The number of nitro groups is 1. The number of benzene rings is 2. The van der Waals surface area contributed by atoms with E-state index in [2.05, 4.69) is 21.2 Å². The molecule has 1 amide bonds. The summed E-state index contributed by atoms with van der Waals surface area (Å²) in [5.41, 5.74) is 0.586. The lowest BCUT2D eigenvalue weighted by Crippen LogP contribution is -2.21. The summed E-state index contributed by atoms with van der Waals surface area (Å²) in [6, 6.07) is 7.43. The lowest BCUT2D eigenvalue weighted by molar-refractivity contribution is -0.385. The van der Waals surface area contributed by atoms with Gasteiger partial charge in [0.1, 0.15) is 5.56 Å². The standard InChI is InChI=1S/C19H19BrN2O7/c1-4-28-17-9-15(22(25)26)13(8-16(17)27-3)19(24)29-10-18(23)21-12-5-6-14(20)11(2)7-12/h5-9H,4,10H2,1-3H3,(H,21,23). The van der Waals surface area contributed by atoms with Gasteiger partial charge in [-0.1, -0.05) is 15.9 Å². The second-order valence-electron chi connectivity index (χ2n) is 5.80. The number of hydrogen-bond donors (Lipinski definition) is 1. The monoisotopic (exact) mass is 466 g/mol. The average Bonchev–Trinajstić information content (AvgIpc) is 2.68. The van der Waals surface area contributed by atoms with Crippen molar-refractivity contribution in [3.05, 3.63) is 56.0 Å². The number of aryl methyl sites for hydroxylation is 1. The molecule has 10 heteroatoms. The Labute approximate surface area is 175 Å². The van der Waals surface area contributed by atoms with Crippen LogP contribution < -0.4 is 14.8 Å². The van der Waals surface area contributed by atoms with Crippen LogP contribution in [0.3, 0.4) is 0 Å². The Hall–Kier alpha value is -3.14. The normalized spacial score (nSPS) is 10.2. The molecular formula is C19H19BrN2O7. The van der Waals surface area contributed by atoms with E-state index < -0.39 is 29.1 Å². The molecule has 0 heterocycles. The molecule has 29 heavy (non-hydrogen) atoms. The van der Waals surface area contributed by atoms with E-state index >= 15 is 0 Å². The fourth-order valence-electron chi connectivity index (χ4n) is 2.42. The van der Waals surface area contributed by atoms with E-state index in [1.165, 1.54) is 7.11 Å². The number of carbonyl (C=O) groups excluding carboxylic acids is 2. The third-order valence-electron chi connectivity index (χ3n) is 3.77. The van der Waals surface area contributed by atoms with Crippen molar-refractivity contribution in [1.82, 2.24) is 0 Å². The molecule has 0 aromatic heterocycles. The lowest BCUT2D eigenvalue weighted by atomic mass is 10.1. The van der Waals surface area contributed by atoms with Crippen molar-refractivity contribution in [2.24, 2.45) is 0 Å². The van der Waals surface area contributed by atoms with E-state index in [0.29, 0.717) is 5.69 Å². The molecule has 0 unspecified atom stereocenters. The summed E-state index contributed by atoms with van der Waals surface area (Å²) in [5.74, 6) is -1.35. The van der Waals surface area contributed by atoms with Crippen LogP contribution in [0.4, 0.5) is 11.4 Å². The minimum Gasteiger partial charge on any atom is -0.493 e. The van der Waals surface area contributed by atoms with Crippen molar-refractivity contribution in [1.29, 1.82) is 0 Å². The lowest BCUT2D eigenvalue weighted by Gasteiger charge is -2.12. The quantitative estimate of drug-likeness (QED) is 0.356. The van der Waals surface area contributed by atoms with E-state index in [1.54, 1.807) is 25.1 Å². The highest BCUT2D eigenvalue weighted by Gasteiger charge is 2.26. The fraction of sp³-hybridized carbons (Fsp3) is 0.263. The molecular weight excluding hydrogens is 448 g/mol. The number of rotatable bonds is 8. The van der Waals surface area contributed by atoms with Crippen molar-refractivity contribution in [2.75, 3.05) is 25.6 Å². The third-order valence-corrected chi connectivity index (χ3v) is 4.66. The van der Waals surface area contributed by atoms with Crippen LogP contribution in [-0.4, -0.2) is 37.1 Å². The highest BCUT2D eigenvalue weighted by atomic mass is 79.9. The molecule has 0 saturated carbocycles. The van der Waals surface area contributed by atoms with Gasteiger partial charge in [-0.15, -0.1) is 0 Å². The topological polar surface area (TPSA) is 117 Å². The number of esters is 1. The van der Waals surface area contributed by atoms with Gasteiger partial charge in [0.2, 0.25) is 0 Å². The number of ether oxygens (including phenoxy) is 3. The number of carbonyl (C=O) groups is 2. The van der Waals surface area contributed by atoms with Gasteiger partial charge in [-0.3, -0.25) is 14.9 Å². The van der Waals surface area contributed by atoms with Gasteiger partial charge in [-0.25, -0.2) is 4.79 Å². The van der Waals surface area contributed by atoms with Crippen LogP contribution in [0.1, 0.15) is 22.8 Å². The third kappa shape index (κ3) is 5.67. The van der Waals surface area contributed by atoms with Crippen LogP contribution in [0.25, 0.3) is 0 Å². The SMILES string of the molecule is CCOc1cc([N+](=O)[O-])c(C(=O)OCC(=O)Nc2ccc(Br)c(C)c2)cc1OC. The summed E-state index contributed by atoms with van der Waals surface area (Å²) >= 11 is 3.36. The smallest absolute Gasteiger partial charge is 0.345 e. The fourth-order valence-corrected chi connectivity index (χ4v) is 2.67. The van der Waals surface area contributed by atoms with Crippen molar-refractivity contribution in [2.45, 2.75) is 13.8 Å². The Morgan fingerprint density at radius 2 is 1.93 bits per heavy atom. The van der Waals surface area contributed by atoms with E-state index in [9.17, 15) is 19.7 Å². The van der Waals surface area contributed by atoms with Crippen LogP contribution >= 0.6 is 15.9 Å². The Kier molecular flexibility index (Phi) is 7.54. The molecule has 2 rings (SSSR count). The summed E-state index contributed by atoms with van der Waals surface area (Å²) < 4.78 is 16.2. The average molecular weight is 467 g/mol. The number of hydrogen-bond acceptors (Lipinski definition) is 7. The van der Waals surface area contributed by atoms with E-state index in [-0.39, 0.29) is 23.7 Å². The molecule has 0 saturated heterocycles.